The van der Waals surface area contributed by atoms with Crippen molar-refractivity contribution in [3.63, 3.8) is 0 Å². The van der Waals surface area contributed by atoms with Crippen molar-refractivity contribution in [3.8, 4) is 0 Å². The van der Waals surface area contributed by atoms with Gasteiger partial charge < -0.3 is 11.1 Å². The molecule has 4 nitrogen and oxygen atoms in total. The minimum atomic E-state index is 0.164. The Balaban J connectivity index is 2.27. The Labute approximate surface area is 126 Å². The number of hydrogen-bond donors (Lipinski definition) is 2. The Morgan fingerprint density at radius 2 is 2.10 bits per heavy atom. The zero-order valence-electron chi connectivity index (χ0n) is 13.1. The van der Waals surface area contributed by atoms with Crippen molar-refractivity contribution in [2.45, 2.75) is 39.7 Å². The van der Waals surface area contributed by atoms with E-state index in [0.717, 1.165) is 36.3 Å². The van der Waals surface area contributed by atoms with E-state index in [0.29, 0.717) is 0 Å². The van der Waals surface area contributed by atoms with E-state index < -0.39 is 0 Å². The molecule has 2 heterocycles. The van der Waals surface area contributed by atoms with E-state index in [2.05, 4.69) is 42.1 Å². The van der Waals surface area contributed by atoms with Crippen molar-refractivity contribution < 1.29 is 0 Å². The van der Waals surface area contributed by atoms with Crippen LogP contribution in [-0.2, 0) is 6.42 Å². The average Bonchev–Trinajstić information content (AvgIpc) is 2.46. The highest BCUT2D eigenvalue weighted by Gasteiger charge is 2.16. The van der Waals surface area contributed by atoms with Crippen molar-refractivity contribution in [2.24, 2.45) is 0 Å². The SMILES string of the molecule is CCCNC(Cc1cnccc1N)c1ncc(C)cc1C. The molecule has 21 heavy (non-hydrogen) atoms. The van der Waals surface area contributed by atoms with Gasteiger partial charge in [-0.25, -0.2) is 0 Å². The van der Waals surface area contributed by atoms with E-state index >= 15 is 0 Å². The minimum Gasteiger partial charge on any atom is -0.398 e. The minimum absolute atomic E-state index is 0.164. The first-order chi connectivity index (χ1) is 10.1. The second-order valence-corrected chi connectivity index (χ2v) is 5.50. The van der Waals surface area contributed by atoms with E-state index in [1.807, 2.05) is 18.5 Å². The standard InChI is InChI=1S/C17H24N4/c1-4-6-20-16(9-14-11-19-7-5-15(14)18)17-13(3)8-12(2)10-21-17/h5,7-8,10-11,16,20H,4,6,9H2,1-3H3,(H2,18,19). The lowest BCUT2D eigenvalue weighted by molar-refractivity contribution is 0.515. The van der Waals surface area contributed by atoms with E-state index in [4.69, 9.17) is 5.73 Å². The van der Waals surface area contributed by atoms with Crippen LogP contribution in [0, 0.1) is 13.8 Å². The number of hydrogen-bond acceptors (Lipinski definition) is 4. The predicted molar refractivity (Wildman–Crippen MR) is 87.1 cm³/mol. The summed E-state index contributed by atoms with van der Waals surface area (Å²) < 4.78 is 0. The van der Waals surface area contributed by atoms with Crippen LogP contribution < -0.4 is 11.1 Å². The highest BCUT2D eigenvalue weighted by molar-refractivity contribution is 5.45. The van der Waals surface area contributed by atoms with Gasteiger partial charge in [-0.15, -0.1) is 0 Å². The summed E-state index contributed by atoms with van der Waals surface area (Å²) in [5.74, 6) is 0. The number of nitrogens with two attached hydrogens (primary N) is 1. The quantitative estimate of drug-likeness (QED) is 0.856. The summed E-state index contributed by atoms with van der Waals surface area (Å²) >= 11 is 0. The maximum Gasteiger partial charge on any atom is 0.0605 e. The van der Waals surface area contributed by atoms with Gasteiger partial charge in [-0.05, 0) is 56.0 Å². The number of rotatable bonds is 6. The number of nitrogen functional groups attached to an aromatic ring is 1. The number of pyridine rings is 2. The van der Waals surface area contributed by atoms with Gasteiger partial charge in [0.25, 0.3) is 0 Å². The third-order valence-electron chi connectivity index (χ3n) is 3.59. The van der Waals surface area contributed by atoms with Gasteiger partial charge in [0.15, 0.2) is 0 Å². The van der Waals surface area contributed by atoms with Crippen molar-refractivity contribution >= 4 is 5.69 Å². The molecule has 0 aromatic carbocycles. The number of nitrogens with zero attached hydrogens (tertiary/aromatic N) is 2. The Morgan fingerprint density at radius 3 is 2.76 bits per heavy atom. The fraction of sp³-hybridized carbons (Fsp3) is 0.412. The maximum atomic E-state index is 6.05. The second-order valence-electron chi connectivity index (χ2n) is 5.50. The summed E-state index contributed by atoms with van der Waals surface area (Å²) in [6, 6.07) is 4.19. The highest BCUT2D eigenvalue weighted by atomic mass is 14.9. The van der Waals surface area contributed by atoms with Gasteiger partial charge in [-0.1, -0.05) is 13.0 Å². The topological polar surface area (TPSA) is 63.8 Å². The summed E-state index contributed by atoms with van der Waals surface area (Å²) in [6.45, 7) is 7.30. The number of aryl methyl sites for hydroxylation is 2. The van der Waals surface area contributed by atoms with Crippen LogP contribution in [0.3, 0.4) is 0 Å². The van der Waals surface area contributed by atoms with Gasteiger partial charge in [0.2, 0.25) is 0 Å². The van der Waals surface area contributed by atoms with Crippen LogP contribution in [0.5, 0.6) is 0 Å². The molecule has 0 radical (unpaired) electrons. The smallest absolute Gasteiger partial charge is 0.0605 e. The molecule has 112 valence electrons. The summed E-state index contributed by atoms with van der Waals surface area (Å²) in [5.41, 5.74) is 11.4. The zero-order chi connectivity index (χ0) is 15.2. The maximum absolute atomic E-state index is 6.05. The monoisotopic (exact) mass is 284 g/mol. The molecule has 0 bridgehead atoms. The Hall–Kier alpha value is -1.94. The van der Waals surface area contributed by atoms with Gasteiger partial charge in [0.1, 0.15) is 0 Å². The molecule has 4 heteroatoms. The molecule has 0 fully saturated rings. The third kappa shape index (κ3) is 4.02. The van der Waals surface area contributed by atoms with Gasteiger partial charge in [0.05, 0.1) is 11.7 Å². The molecule has 0 aliphatic heterocycles. The molecule has 2 aromatic heterocycles. The molecule has 0 aliphatic rings. The molecule has 2 rings (SSSR count). The van der Waals surface area contributed by atoms with Gasteiger partial charge in [-0.3, -0.25) is 9.97 Å². The van der Waals surface area contributed by atoms with Crippen LogP contribution in [-0.4, -0.2) is 16.5 Å². The van der Waals surface area contributed by atoms with E-state index in [9.17, 15) is 0 Å². The summed E-state index contributed by atoms with van der Waals surface area (Å²) in [6.07, 6.45) is 7.39. The first-order valence-electron chi connectivity index (χ1n) is 7.46. The first kappa shape index (κ1) is 15.4. The predicted octanol–water partition coefficient (Wildman–Crippen LogP) is 2.96. The summed E-state index contributed by atoms with van der Waals surface area (Å²) in [4.78, 5) is 8.81. The lowest BCUT2D eigenvalue weighted by atomic mass is 9.99. The van der Waals surface area contributed by atoms with Crippen molar-refractivity contribution in [1.29, 1.82) is 0 Å². The molecular weight excluding hydrogens is 260 g/mol. The fourth-order valence-corrected chi connectivity index (χ4v) is 2.50. The Kier molecular flexibility index (Phi) is 5.28. The molecule has 1 atom stereocenters. The van der Waals surface area contributed by atoms with Crippen molar-refractivity contribution in [1.82, 2.24) is 15.3 Å². The van der Waals surface area contributed by atoms with E-state index in [-0.39, 0.29) is 6.04 Å². The third-order valence-corrected chi connectivity index (χ3v) is 3.59. The molecule has 3 N–H and O–H groups in total. The lowest BCUT2D eigenvalue weighted by Crippen LogP contribution is -2.26. The molecule has 0 saturated heterocycles. The molecule has 0 spiro atoms. The van der Waals surface area contributed by atoms with Crippen LogP contribution in [0.4, 0.5) is 5.69 Å². The van der Waals surface area contributed by atoms with Gasteiger partial charge in [0, 0.05) is 24.3 Å². The second kappa shape index (κ2) is 7.18. The molecule has 2 aromatic rings. The van der Waals surface area contributed by atoms with E-state index in [1.165, 1.54) is 11.1 Å². The average molecular weight is 284 g/mol. The van der Waals surface area contributed by atoms with Crippen LogP contribution in [0.2, 0.25) is 0 Å². The van der Waals surface area contributed by atoms with E-state index in [1.54, 1.807) is 6.20 Å². The molecule has 0 saturated carbocycles. The number of nitrogens with one attached hydrogen (secondary N) is 1. The lowest BCUT2D eigenvalue weighted by Gasteiger charge is -2.21. The van der Waals surface area contributed by atoms with Crippen LogP contribution in [0.15, 0.2) is 30.7 Å². The molecule has 0 aliphatic carbocycles. The fourth-order valence-electron chi connectivity index (χ4n) is 2.50. The van der Waals surface area contributed by atoms with Crippen LogP contribution >= 0.6 is 0 Å². The highest BCUT2D eigenvalue weighted by Crippen LogP contribution is 2.22. The van der Waals surface area contributed by atoms with Crippen LogP contribution in [0.1, 0.15) is 41.8 Å². The number of anilines is 1. The zero-order valence-corrected chi connectivity index (χ0v) is 13.1. The van der Waals surface area contributed by atoms with Gasteiger partial charge >= 0.3 is 0 Å². The molecule has 0 amide bonds. The summed E-state index contributed by atoms with van der Waals surface area (Å²) in [5, 5.41) is 3.58. The largest absolute Gasteiger partial charge is 0.398 e. The summed E-state index contributed by atoms with van der Waals surface area (Å²) in [7, 11) is 0. The number of aromatic nitrogens is 2. The molecule has 1 unspecified atom stereocenters. The first-order valence-corrected chi connectivity index (χ1v) is 7.46. The van der Waals surface area contributed by atoms with Crippen molar-refractivity contribution in [2.75, 3.05) is 12.3 Å². The Bertz CT molecular complexity index is 595. The Morgan fingerprint density at radius 1 is 1.29 bits per heavy atom. The van der Waals surface area contributed by atoms with Gasteiger partial charge in [-0.2, -0.15) is 0 Å². The molecular formula is C17H24N4. The normalized spacial score (nSPS) is 12.3. The van der Waals surface area contributed by atoms with Crippen molar-refractivity contribution in [3.05, 3.63) is 53.1 Å². The van der Waals surface area contributed by atoms with Crippen LogP contribution in [0.25, 0.3) is 0 Å².